The smallest absolute Gasteiger partial charge is 0.236 e. The number of hydrogen-bond donors (Lipinski definition) is 0. The zero-order chi connectivity index (χ0) is 20.4. The van der Waals surface area contributed by atoms with Crippen LogP contribution in [0.1, 0.15) is 17.5 Å². The van der Waals surface area contributed by atoms with Crippen LogP contribution in [0.3, 0.4) is 0 Å². The predicted molar refractivity (Wildman–Crippen MR) is 108 cm³/mol. The number of rotatable bonds is 6. The van der Waals surface area contributed by atoms with Gasteiger partial charge in [0.2, 0.25) is 14.2 Å². The van der Waals surface area contributed by atoms with Crippen LogP contribution in [0.5, 0.6) is 5.75 Å². The Kier molecular flexibility index (Phi) is 5.67. The first-order chi connectivity index (χ1) is 13.9. The lowest BCUT2D eigenvalue weighted by Gasteiger charge is -2.18. The van der Waals surface area contributed by atoms with Crippen LogP contribution in [0.25, 0.3) is 0 Å². The molecule has 8 heteroatoms. The first-order valence-corrected chi connectivity index (χ1v) is 11.6. The summed E-state index contributed by atoms with van der Waals surface area (Å²) in [5.74, 6) is -0.460. The third-order valence-corrected chi connectivity index (χ3v) is 7.79. The highest BCUT2D eigenvalue weighted by atomic mass is 32.2. The molecule has 2 aromatic carbocycles. The molecule has 151 valence electrons. The minimum atomic E-state index is -4.00. The minimum Gasteiger partial charge on any atom is -0.489 e. The number of hydrogen-bond acceptors (Lipinski definition) is 6. The fraction of sp³-hybridized carbons (Fsp3) is 0.286. The second-order valence-corrected chi connectivity index (χ2v) is 9.99. The summed E-state index contributed by atoms with van der Waals surface area (Å²) in [7, 11) is -4.00. The van der Waals surface area contributed by atoms with Gasteiger partial charge >= 0.3 is 0 Å². The van der Waals surface area contributed by atoms with Crippen molar-refractivity contribution in [3.8, 4) is 5.75 Å². The molecule has 1 radical (unpaired) electrons. The lowest BCUT2D eigenvalue weighted by Crippen LogP contribution is -2.24. The van der Waals surface area contributed by atoms with Crippen LogP contribution in [0, 0.1) is 18.9 Å². The van der Waals surface area contributed by atoms with Crippen molar-refractivity contribution < 1.29 is 17.5 Å². The summed E-state index contributed by atoms with van der Waals surface area (Å²) in [5.41, 5.74) is 1.82. The van der Waals surface area contributed by atoms with Crippen molar-refractivity contribution in [1.29, 1.82) is 0 Å². The van der Waals surface area contributed by atoms with Gasteiger partial charge in [0.15, 0.2) is 0 Å². The monoisotopic (exact) mass is 431 g/mol. The van der Waals surface area contributed by atoms with E-state index < -0.39 is 15.7 Å². The maximum Gasteiger partial charge on any atom is 0.236 e. The lowest BCUT2D eigenvalue weighted by molar-refractivity contribution is 0.196. The second kappa shape index (κ2) is 8.22. The van der Waals surface area contributed by atoms with Crippen molar-refractivity contribution in [3.63, 3.8) is 0 Å². The Bertz CT molecular complexity index is 1090. The molecular formula is C21H20FN2O3S2. The van der Waals surface area contributed by atoms with Gasteiger partial charge in [0.25, 0.3) is 0 Å². The number of halogens is 1. The van der Waals surface area contributed by atoms with Crippen molar-refractivity contribution in [2.24, 2.45) is 0 Å². The molecule has 4 rings (SSSR count). The normalized spacial score (nSPS) is 17.5. The fourth-order valence-corrected chi connectivity index (χ4v) is 5.67. The van der Waals surface area contributed by atoms with Crippen LogP contribution >= 0.6 is 11.3 Å². The molecule has 0 spiro atoms. The molecule has 5 nitrogen and oxygen atoms in total. The molecule has 1 aliphatic rings. The van der Waals surface area contributed by atoms with Crippen molar-refractivity contribution in [3.05, 3.63) is 71.0 Å². The molecule has 0 bridgehead atoms. The first-order valence-electron chi connectivity index (χ1n) is 9.23. The van der Waals surface area contributed by atoms with Crippen LogP contribution in [-0.4, -0.2) is 37.5 Å². The number of nitrogens with zero attached hydrogens (tertiary/aromatic N) is 2. The summed E-state index contributed by atoms with van der Waals surface area (Å²) in [4.78, 5) is 5.59. The Morgan fingerprint density at radius 1 is 1.31 bits per heavy atom. The zero-order valence-electron chi connectivity index (χ0n) is 15.8. The van der Waals surface area contributed by atoms with E-state index in [-0.39, 0.29) is 15.3 Å². The van der Waals surface area contributed by atoms with Gasteiger partial charge in [0.1, 0.15) is 28.8 Å². The molecule has 1 aromatic heterocycles. The van der Waals surface area contributed by atoms with Crippen LogP contribution in [-0.2, 0) is 16.4 Å². The molecule has 0 amide bonds. The van der Waals surface area contributed by atoms with Gasteiger partial charge in [-0.05, 0) is 30.5 Å². The van der Waals surface area contributed by atoms with Crippen LogP contribution in [0.4, 0.5) is 4.39 Å². The molecule has 2 heterocycles. The highest BCUT2D eigenvalue weighted by molar-refractivity contribution is 7.93. The molecule has 1 saturated heterocycles. The fourth-order valence-electron chi connectivity index (χ4n) is 3.43. The maximum absolute atomic E-state index is 14.7. The van der Waals surface area contributed by atoms with E-state index in [9.17, 15) is 12.8 Å². The topological polar surface area (TPSA) is 59.5 Å². The molecule has 0 saturated carbocycles. The summed E-state index contributed by atoms with van der Waals surface area (Å²) in [6.45, 7) is 4.20. The summed E-state index contributed by atoms with van der Waals surface area (Å²) in [5, 5.41) is 1.43. The molecule has 0 aliphatic carbocycles. The van der Waals surface area contributed by atoms with Gasteiger partial charge in [0.05, 0.1) is 0 Å². The largest absolute Gasteiger partial charge is 0.489 e. The molecule has 1 aliphatic heterocycles. The van der Waals surface area contributed by atoms with E-state index in [0.717, 1.165) is 37.4 Å². The number of aryl methyl sites for hydroxylation is 1. The summed E-state index contributed by atoms with van der Waals surface area (Å²) in [6, 6.07) is 12.7. The number of aromatic nitrogens is 1. The highest BCUT2D eigenvalue weighted by Gasteiger charge is 2.28. The standard InChI is InChI=1S/C21H20FN2O3S2/c1-15-11-20(29(25,26)21-23-8-10-28-21)18(22)12-19(15)27-17-7-9-24(14-17)13-16-5-3-2-4-6-16/h2-6,10-12,17H,7,9,13-14H2,1H3/t17-/m0/s1. The first kappa shape index (κ1) is 20.0. The quantitative estimate of drug-likeness (QED) is 0.593. The van der Waals surface area contributed by atoms with E-state index in [1.807, 2.05) is 18.2 Å². The number of sulfone groups is 1. The zero-order valence-corrected chi connectivity index (χ0v) is 17.5. The minimum absolute atomic E-state index is 0.0622. The number of ether oxygens (including phenoxy) is 1. The van der Waals surface area contributed by atoms with E-state index in [0.29, 0.717) is 11.3 Å². The van der Waals surface area contributed by atoms with E-state index in [4.69, 9.17) is 4.74 Å². The Morgan fingerprint density at radius 2 is 2.10 bits per heavy atom. The Labute approximate surface area is 173 Å². The molecule has 0 N–H and O–H groups in total. The average Bonchev–Trinajstić information content (AvgIpc) is 3.38. The second-order valence-electron chi connectivity index (χ2n) is 7.04. The van der Waals surface area contributed by atoms with Crippen molar-refractivity contribution >= 4 is 21.2 Å². The number of benzene rings is 2. The Balaban J connectivity index is 1.47. The molecule has 1 atom stereocenters. The third-order valence-electron chi connectivity index (χ3n) is 4.89. The summed E-state index contributed by atoms with van der Waals surface area (Å²) in [6.07, 6.45) is 3.23. The van der Waals surface area contributed by atoms with E-state index in [1.165, 1.54) is 23.1 Å². The van der Waals surface area contributed by atoms with Gasteiger partial charge in [-0.3, -0.25) is 4.90 Å². The van der Waals surface area contributed by atoms with Gasteiger partial charge in [-0.25, -0.2) is 17.8 Å². The van der Waals surface area contributed by atoms with E-state index in [1.54, 1.807) is 6.92 Å². The summed E-state index contributed by atoms with van der Waals surface area (Å²) < 4.78 is 45.7. The molecular weight excluding hydrogens is 411 g/mol. The van der Waals surface area contributed by atoms with Gasteiger partial charge in [-0.15, -0.1) is 11.3 Å². The van der Waals surface area contributed by atoms with Gasteiger partial charge in [-0.2, -0.15) is 0 Å². The van der Waals surface area contributed by atoms with Gasteiger partial charge in [0, 0.05) is 31.1 Å². The highest BCUT2D eigenvalue weighted by Crippen LogP contribution is 2.31. The predicted octanol–water partition coefficient (Wildman–Crippen LogP) is 3.88. The molecule has 29 heavy (non-hydrogen) atoms. The third kappa shape index (κ3) is 4.34. The average molecular weight is 432 g/mol. The van der Waals surface area contributed by atoms with E-state index in [2.05, 4.69) is 28.2 Å². The molecule has 1 fully saturated rings. The van der Waals surface area contributed by atoms with Gasteiger partial charge in [-0.1, -0.05) is 30.3 Å². The van der Waals surface area contributed by atoms with Crippen molar-refractivity contribution in [2.75, 3.05) is 13.1 Å². The molecule has 0 unspecified atom stereocenters. The molecule has 3 aromatic rings. The Morgan fingerprint density at radius 3 is 2.83 bits per heavy atom. The Hall–Kier alpha value is -2.29. The van der Waals surface area contributed by atoms with Crippen molar-refractivity contribution in [2.45, 2.75) is 35.2 Å². The van der Waals surface area contributed by atoms with E-state index >= 15 is 0 Å². The number of likely N-dealkylation sites (tertiary alicyclic amines) is 1. The number of thiazole rings is 1. The van der Waals surface area contributed by atoms with Crippen molar-refractivity contribution in [1.82, 2.24) is 9.88 Å². The maximum atomic E-state index is 14.7. The SMILES string of the molecule is Cc1cc(S(=O)(=O)c2n[c]cs2)c(F)cc1O[C@H]1CCN(Cc2ccccc2)C1. The lowest BCUT2D eigenvalue weighted by atomic mass is 10.2. The van der Waals surface area contributed by atoms with Crippen LogP contribution < -0.4 is 4.74 Å². The van der Waals surface area contributed by atoms with Crippen LogP contribution in [0.2, 0.25) is 0 Å². The van der Waals surface area contributed by atoms with Crippen LogP contribution in [0.15, 0.2) is 57.1 Å². The van der Waals surface area contributed by atoms with Gasteiger partial charge < -0.3 is 4.74 Å². The summed E-state index contributed by atoms with van der Waals surface area (Å²) >= 11 is 0.912.